The fraction of sp³-hybridized carbons (Fsp3) is 0.246. The van der Waals surface area contributed by atoms with E-state index in [-0.39, 0.29) is 16.2 Å². The van der Waals surface area contributed by atoms with Crippen LogP contribution >= 0.6 is 0 Å². The van der Waals surface area contributed by atoms with Crippen molar-refractivity contribution in [2.24, 2.45) is 0 Å². The molecule has 0 aliphatic carbocycles. The Balaban J connectivity index is 1.39. The second kappa shape index (κ2) is 14.5. The number of aryl methyl sites for hydroxylation is 1. The minimum atomic E-state index is -4.48. The first-order valence-corrected chi connectivity index (χ1v) is 21.6. The molecular weight excluding hydrogens is 784 g/mol. The van der Waals surface area contributed by atoms with Gasteiger partial charge in [0, 0.05) is 32.8 Å². The Morgan fingerprint density at radius 1 is 0.429 bits per heavy atom. The summed E-state index contributed by atoms with van der Waals surface area (Å²) in [5.41, 5.74) is 12.7. The number of hydrogen-bond acceptors (Lipinski definition) is 1. The van der Waals surface area contributed by atoms with E-state index < -0.39 is 11.7 Å². The number of benzene rings is 7. The molecule has 6 heteroatoms. The predicted molar refractivity (Wildman–Crippen MR) is 257 cm³/mol. The summed E-state index contributed by atoms with van der Waals surface area (Å²) in [5.74, 6) is 0. The van der Waals surface area contributed by atoms with Gasteiger partial charge in [0.1, 0.15) is 0 Å². The van der Waals surface area contributed by atoms with Crippen molar-refractivity contribution in [1.29, 1.82) is 5.26 Å². The highest BCUT2D eigenvalue weighted by Crippen LogP contribution is 2.45. The number of nitrogens with zero attached hydrogens (tertiary/aromatic N) is 3. The standard InChI is InChI=1S/C57H52F3N3/c1-34-27-39(57(58,59)60)16-21-41(34)42-22-20-40(62-50-24-17-37(55(5,6)7)30-47(50)48-31-38(56(8,9)10)18-25-51(48)62)32-44(42)45-28-35(33-61)15-23-52(45)63-49-14-12-11-13-43(49)46-29-36(54(2,3)4)19-26-53(46)63/h11-32H,1-10H3. The molecule has 0 radical (unpaired) electrons. The molecule has 0 aliphatic heterocycles. The molecule has 0 atom stereocenters. The quantitative estimate of drug-likeness (QED) is 0.174. The first-order chi connectivity index (χ1) is 29.6. The van der Waals surface area contributed by atoms with Crippen LogP contribution in [0.15, 0.2) is 133 Å². The molecular formula is C57H52F3N3. The van der Waals surface area contributed by atoms with E-state index in [1.807, 2.05) is 30.3 Å². The van der Waals surface area contributed by atoms with Crippen LogP contribution in [-0.4, -0.2) is 9.13 Å². The molecule has 9 rings (SSSR count). The molecule has 0 bridgehead atoms. The Morgan fingerprint density at radius 3 is 1.44 bits per heavy atom. The van der Waals surface area contributed by atoms with Crippen LogP contribution in [0.4, 0.5) is 13.2 Å². The lowest BCUT2D eigenvalue weighted by molar-refractivity contribution is -0.137. The lowest BCUT2D eigenvalue weighted by Crippen LogP contribution is -2.10. The highest BCUT2D eigenvalue weighted by Gasteiger charge is 2.31. The van der Waals surface area contributed by atoms with Gasteiger partial charge in [-0.25, -0.2) is 0 Å². The maximum Gasteiger partial charge on any atom is 0.416 e. The zero-order chi connectivity index (χ0) is 45.0. The van der Waals surface area contributed by atoms with Gasteiger partial charge in [0.2, 0.25) is 0 Å². The Hall–Kier alpha value is -6.58. The van der Waals surface area contributed by atoms with E-state index in [1.54, 1.807) is 13.0 Å². The van der Waals surface area contributed by atoms with Gasteiger partial charge in [0.05, 0.1) is 45.0 Å². The van der Waals surface area contributed by atoms with Crippen molar-refractivity contribution in [3.8, 4) is 39.7 Å². The number of rotatable bonds is 4. The Morgan fingerprint density at radius 2 is 0.921 bits per heavy atom. The van der Waals surface area contributed by atoms with Crippen molar-refractivity contribution >= 4 is 43.6 Å². The second-order valence-electron chi connectivity index (χ2n) is 20.2. The highest BCUT2D eigenvalue weighted by molar-refractivity contribution is 6.11. The minimum absolute atomic E-state index is 0.0676. The molecule has 3 nitrogen and oxygen atoms in total. The van der Waals surface area contributed by atoms with Crippen molar-refractivity contribution in [1.82, 2.24) is 9.13 Å². The molecule has 0 fully saturated rings. The van der Waals surface area contributed by atoms with Crippen LogP contribution in [0.5, 0.6) is 0 Å². The first-order valence-electron chi connectivity index (χ1n) is 21.6. The van der Waals surface area contributed by atoms with Gasteiger partial charge in [-0.15, -0.1) is 0 Å². The summed E-state index contributed by atoms with van der Waals surface area (Å²) >= 11 is 0. The zero-order valence-corrected chi connectivity index (χ0v) is 37.7. The van der Waals surface area contributed by atoms with E-state index in [4.69, 9.17) is 0 Å². The third-order valence-corrected chi connectivity index (χ3v) is 12.8. The van der Waals surface area contributed by atoms with Crippen LogP contribution in [-0.2, 0) is 22.4 Å². The normalized spacial score (nSPS) is 12.8. The third kappa shape index (κ3) is 7.18. The van der Waals surface area contributed by atoms with Gasteiger partial charge in [0.25, 0.3) is 0 Å². The molecule has 0 aliphatic rings. The monoisotopic (exact) mass is 835 g/mol. The van der Waals surface area contributed by atoms with Crippen LogP contribution < -0.4 is 0 Å². The first kappa shape index (κ1) is 41.8. The molecule has 63 heavy (non-hydrogen) atoms. The van der Waals surface area contributed by atoms with Crippen molar-refractivity contribution in [3.05, 3.63) is 167 Å². The molecule has 0 saturated carbocycles. The van der Waals surface area contributed by atoms with Crippen LogP contribution in [0.3, 0.4) is 0 Å². The number of aromatic nitrogens is 2. The third-order valence-electron chi connectivity index (χ3n) is 12.8. The average molecular weight is 836 g/mol. The van der Waals surface area contributed by atoms with E-state index >= 15 is 0 Å². The number of hydrogen-bond donors (Lipinski definition) is 0. The zero-order valence-electron chi connectivity index (χ0n) is 37.7. The summed E-state index contributed by atoms with van der Waals surface area (Å²) in [7, 11) is 0. The number of para-hydroxylation sites is 1. The van der Waals surface area contributed by atoms with Gasteiger partial charge in [0.15, 0.2) is 0 Å². The molecule has 7 aromatic carbocycles. The number of alkyl halides is 3. The van der Waals surface area contributed by atoms with Crippen LogP contribution in [0.2, 0.25) is 0 Å². The molecule has 2 aromatic heterocycles. The summed E-state index contributed by atoms with van der Waals surface area (Å²) in [4.78, 5) is 0. The van der Waals surface area contributed by atoms with Crippen molar-refractivity contribution < 1.29 is 13.2 Å². The Labute approximate surface area is 368 Å². The topological polar surface area (TPSA) is 33.6 Å². The lowest BCUT2D eigenvalue weighted by atomic mass is 9.85. The lowest BCUT2D eigenvalue weighted by Gasteiger charge is -2.21. The summed E-state index contributed by atoms with van der Waals surface area (Å²) in [6.07, 6.45) is -4.48. The fourth-order valence-electron chi connectivity index (χ4n) is 9.22. The summed E-state index contributed by atoms with van der Waals surface area (Å²) in [5, 5.41) is 15.0. The number of nitriles is 1. The predicted octanol–water partition coefficient (Wildman–Crippen LogP) is 16.3. The van der Waals surface area contributed by atoms with Gasteiger partial charge >= 0.3 is 6.18 Å². The van der Waals surface area contributed by atoms with Crippen LogP contribution in [0, 0.1) is 18.3 Å². The van der Waals surface area contributed by atoms with Crippen molar-refractivity contribution in [3.63, 3.8) is 0 Å². The molecule has 0 spiro atoms. The van der Waals surface area contributed by atoms with Crippen molar-refractivity contribution in [2.75, 3.05) is 0 Å². The van der Waals surface area contributed by atoms with Gasteiger partial charge < -0.3 is 9.13 Å². The number of halogens is 3. The maximum absolute atomic E-state index is 14.1. The Kier molecular flexibility index (Phi) is 9.61. The largest absolute Gasteiger partial charge is 0.416 e. The van der Waals surface area contributed by atoms with Gasteiger partial charge in [-0.05, 0) is 147 Å². The maximum atomic E-state index is 14.1. The fourth-order valence-corrected chi connectivity index (χ4v) is 9.22. The summed E-state index contributed by atoms with van der Waals surface area (Å²) < 4.78 is 46.9. The Bertz CT molecular complexity index is 3270. The highest BCUT2D eigenvalue weighted by atomic mass is 19.4. The second-order valence-corrected chi connectivity index (χ2v) is 20.2. The molecule has 0 amide bonds. The molecule has 0 unspecified atom stereocenters. The van der Waals surface area contributed by atoms with Crippen molar-refractivity contribution in [2.45, 2.75) is 91.7 Å². The summed E-state index contributed by atoms with van der Waals surface area (Å²) in [6, 6.07) is 47.0. The van der Waals surface area contributed by atoms with E-state index in [1.165, 1.54) is 28.8 Å². The molecule has 2 heterocycles. The average Bonchev–Trinajstić information content (AvgIpc) is 3.74. The number of fused-ring (bicyclic) bond motifs is 6. The van der Waals surface area contributed by atoms with Crippen LogP contribution in [0.25, 0.3) is 77.2 Å². The molecule has 0 saturated heterocycles. The van der Waals surface area contributed by atoms with E-state index in [0.29, 0.717) is 16.7 Å². The SMILES string of the molecule is Cc1cc(C(F)(F)F)ccc1-c1ccc(-n2c3ccc(C(C)(C)C)cc3c3cc(C(C)(C)C)ccc32)cc1-c1cc(C#N)ccc1-n1c2ccccc2c2cc(C(C)(C)C)ccc21. The molecule has 9 aromatic rings. The smallest absolute Gasteiger partial charge is 0.309 e. The van der Waals surface area contributed by atoms with Gasteiger partial charge in [-0.1, -0.05) is 111 Å². The van der Waals surface area contributed by atoms with E-state index in [9.17, 15) is 18.4 Å². The van der Waals surface area contributed by atoms with E-state index in [0.717, 1.165) is 71.7 Å². The summed E-state index contributed by atoms with van der Waals surface area (Å²) in [6.45, 7) is 21.8. The van der Waals surface area contributed by atoms with E-state index in [2.05, 4.69) is 162 Å². The van der Waals surface area contributed by atoms with Crippen LogP contribution in [0.1, 0.15) is 95.7 Å². The molecule has 316 valence electrons. The molecule has 0 N–H and O–H groups in total. The van der Waals surface area contributed by atoms with Gasteiger partial charge in [-0.2, -0.15) is 18.4 Å². The van der Waals surface area contributed by atoms with Gasteiger partial charge in [-0.3, -0.25) is 0 Å². The minimum Gasteiger partial charge on any atom is -0.309 e.